The number of pyridine rings is 2. The SMILES string of the molecule is CC(C)Oc1ccncc1C(C(=O)O)N1CCC(C(F)(F)CCCCc2ccc3c(n2)NCCC3)C1. The number of unbranched alkanes of at least 4 members (excludes halogenated alkanes) is 1. The highest BCUT2D eigenvalue weighted by atomic mass is 19.3. The van der Waals surface area contributed by atoms with Gasteiger partial charge in [0.1, 0.15) is 17.6 Å². The van der Waals surface area contributed by atoms with Gasteiger partial charge in [0.25, 0.3) is 5.92 Å². The first-order valence-corrected chi connectivity index (χ1v) is 12.9. The molecule has 1 saturated heterocycles. The van der Waals surface area contributed by atoms with Crippen molar-refractivity contribution in [3.05, 3.63) is 47.4 Å². The Morgan fingerprint density at radius 2 is 2.14 bits per heavy atom. The molecule has 9 heteroatoms. The summed E-state index contributed by atoms with van der Waals surface area (Å²) in [6.07, 6.45) is 6.74. The highest BCUT2D eigenvalue weighted by Crippen LogP contribution is 2.40. The number of likely N-dealkylation sites (tertiary alicyclic amines) is 1. The second-order valence-electron chi connectivity index (χ2n) is 10.1. The second kappa shape index (κ2) is 11.5. The number of nitrogens with zero attached hydrogens (tertiary/aromatic N) is 3. The number of carboxylic acids is 1. The molecule has 2 N–H and O–H groups in total. The lowest BCUT2D eigenvalue weighted by atomic mass is 9.95. The molecule has 0 spiro atoms. The third kappa shape index (κ3) is 6.30. The predicted octanol–water partition coefficient (Wildman–Crippen LogP) is 5.12. The van der Waals surface area contributed by atoms with Crippen molar-refractivity contribution in [2.75, 3.05) is 25.0 Å². The average Bonchev–Trinajstić information content (AvgIpc) is 3.33. The van der Waals surface area contributed by atoms with Gasteiger partial charge in [-0.05, 0) is 76.6 Å². The summed E-state index contributed by atoms with van der Waals surface area (Å²) in [4.78, 5) is 22.5. The third-order valence-corrected chi connectivity index (χ3v) is 7.03. The Kier molecular flexibility index (Phi) is 8.39. The van der Waals surface area contributed by atoms with Crippen molar-refractivity contribution in [3.8, 4) is 5.75 Å². The van der Waals surface area contributed by atoms with Crippen molar-refractivity contribution < 1.29 is 23.4 Å². The number of rotatable bonds is 11. The zero-order valence-electron chi connectivity index (χ0n) is 21.1. The zero-order chi connectivity index (χ0) is 25.7. The molecule has 0 amide bonds. The number of halogens is 2. The minimum absolute atomic E-state index is 0.0258. The minimum Gasteiger partial charge on any atom is -0.491 e. The maximum atomic E-state index is 15.1. The summed E-state index contributed by atoms with van der Waals surface area (Å²) in [7, 11) is 0. The Morgan fingerprint density at radius 1 is 1.31 bits per heavy atom. The summed E-state index contributed by atoms with van der Waals surface area (Å²) in [6, 6.07) is 4.64. The lowest BCUT2D eigenvalue weighted by molar-refractivity contribution is -0.143. The first kappa shape index (κ1) is 26.3. The fourth-order valence-electron chi connectivity index (χ4n) is 5.19. The standard InChI is InChI=1S/C27H36F2N4O3/c1-18(2)36-23-10-14-30-16-22(23)24(26(34)35)33-15-11-20(17-33)27(28,29)12-4-3-7-21-9-8-19-6-5-13-31-25(19)32-21/h8-10,14,16,18,20,24H,3-7,11-13,15,17H2,1-2H3,(H,31,32)(H,34,35). The van der Waals surface area contributed by atoms with Crippen LogP contribution < -0.4 is 10.1 Å². The summed E-state index contributed by atoms with van der Waals surface area (Å²) < 4.78 is 36.0. The van der Waals surface area contributed by atoms with Crippen LogP contribution in [-0.2, 0) is 17.6 Å². The number of alkyl halides is 2. The van der Waals surface area contributed by atoms with Crippen LogP contribution in [0.4, 0.5) is 14.6 Å². The lowest BCUT2D eigenvalue weighted by Gasteiger charge is -2.28. The molecule has 36 heavy (non-hydrogen) atoms. The smallest absolute Gasteiger partial charge is 0.325 e. The van der Waals surface area contributed by atoms with E-state index in [2.05, 4.69) is 21.4 Å². The molecule has 7 nitrogen and oxygen atoms in total. The molecule has 2 atom stereocenters. The highest BCUT2D eigenvalue weighted by Gasteiger charge is 2.45. The van der Waals surface area contributed by atoms with E-state index in [0.717, 1.165) is 30.9 Å². The van der Waals surface area contributed by atoms with Gasteiger partial charge in [-0.2, -0.15) is 0 Å². The Balaban J connectivity index is 1.33. The van der Waals surface area contributed by atoms with E-state index in [0.29, 0.717) is 37.1 Å². The molecule has 2 unspecified atom stereocenters. The minimum atomic E-state index is -2.85. The molecule has 1 fully saturated rings. The highest BCUT2D eigenvalue weighted by molar-refractivity contribution is 5.76. The van der Waals surface area contributed by atoms with E-state index in [-0.39, 0.29) is 25.5 Å². The maximum Gasteiger partial charge on any atom is 0.325 e. The normalized spacial score (nSPS) is 19.1. The first-order valence-electron chi connectivity index (χ1n) is 12.9. The van der Waals surface area contributed by atoms with Gasteiger partial charge in [-0.25, -0.2) is 13.8 Å². The fourth-order valence-corrected chi connectivity index (χ4v) is 5.19. The van der Waals surface area contributed by atoms with Crippen molar-refractivity contribution in [1.82, 2.24) is 14.9 Å². The van der Waals surface area contributed by atoms with E-state index in [4.69, 9.17) is 4.74 Å². The van der Waals surface area contributed by atoms with Gasteiger partial charge in [0.15, 0.2) is 0 Å². The molecule has 4 rings (SSSR count). The zero-order valence-corrected chi connectivity index (χ0v) is 21.1. The Hall–Kier alpha value is -2.81. The molecule has 0 saturated carbocycles. The summed E-state index contributed by atoms with van der Waals surface area (Å²) in [5.41, 5.74) is 2.55. The van der Waals surface area contributed by atoms with Crippen LogP contribution in [0.25, 0.3) is 0 Å². The van der Waals surface area contributed by atoms with Crippen molar-refractivity contribution in [1.29, 1.82) is 0 Å². The van der Waals surface area contributed by atoms with Crippen LogP contribution in [0.3, 0.4) is 0 Å². The predicted molar refractivity (Wildman–Crippen MR) is 134 cm³/mol. The number of fused-ring (bicyclic) bond motifs is 1. The molecule has 0 aliphatic carbocycles. The van der Waals surface area contributed by atoms with Crippen LogP contribution in [-0.4, -0.2) is 57.6 Å². The van der Waals surface area contributed by atoms with Crippen LogP contribution in [0.5, 0.6) is 5.75 Å². The van der Waals surface area contributed by atoms with Crippen molar-refractivity contribution >= 4 is 11.8 Å². The molecule has 4 heterocycles. The number of carboxylic acid groups (broad SMARTS) is 1. The van der Waals surface area contributed by atoms with E-state index in [1.165, 1.54) is 18.0 Å². The van der Waals surface area contributed by atoms with Gasteiger partial charge in [0.2, 0.25) is 0 Å². The Labute approximate surface area is 211 Å². The first-order chi connectivity index (χ1) is 17.2. The third-order valence-electron chi connectivity index (χ3n) is 7.03. The molecule has 2 aromatic rings. The number of carbonyl (C=O) groups is 1. The quantitative estimate of drug-likeness (QED) is 0.413. The van der Waals surface area contributed by atoms with Crippen molar-refractivity contribution in [2.24, 2.45) is 5.92 Å². The summed E-state index contributed by atoms with van der Waals surface area (Å²) in [6.45, 7) is 4.94. The van der Waals surface area contributed by atoms with Gasteiger partial charge < -0.3 is 15.2 Å². The molecule has 2 aliphatic rings. The molecular weight excluding hydrogens is 466 g/mol. The van der Waals surface area contributed by atoms with Gasteiger partial charge in [-0.3, -0.25) is 14.7 Å². The monoisotopic (exact) mass is 502 g/mol. The van der Waals surface area contributed by atoms with Crippen molar-refractivity contribution in [3.63, 3.8) is 0 Å². The molecule has 2 aromatic heterocycles. The summed E-state index contributed by atoms with van der Waals surface area (Å²) in [5, 5.41) is 13.3. The molecule has 196 valence electrons. The van der Waals surface area contributed by atoms with Crippen molar-refractivity contribution in [2.45, 2.75) is 76.9 Å². The number of aryl methyl sites for hydroxylation is 2. The van der Waals surface area contributed by atoms with E-state index in [9.17, 15) is 9.90 Å². The van der Waals surface area contributed by atoms with Gasteiger partial charge >= 0.3 is 5.97 Å². The Bertz CT molecular complexity index is 1050. The molecular formula is C27H36F2N4O3. The van der Waals surface area contributed by atoms with Gasteiger partial charge in [-0.15, -0.1) is 0 Å². The number of hydrogen-bond acceptors (Lipinski definition) is 6. The van der Waals surface area contributed by atoms with Crippen LogP contribution >= 0.6 is 0 Å². The molecule has 0 aromatic carbocycles. The van der Waals surface area contributed by atoms with Crippen LogP contribution in [0.1, 0.15) is 68.8 Å². The van der Waals surface area contributed by atoms with Gasteiger partial charge in [-0.1, -0.05) is 6.07 Å². The number of anilines is 1. The van der Waals surface area contributed by atoms with Gasteiger partial charge in [0, 0.05) is 49.1 Å². The van der Waals surface area contributed by atoms with E-state index in [1.54, 1.807) is 11.0 Å². The van der Waals surface area contributed by atoms with E-state index in [1.807, 2.05) is 19.9 Å². The fraction of sp³-hybridized carbons (Fsp3) is 0.593. The topological polar surface area (TPSA) is 87.6 Å². The largest absolute Gasteiger partial charge is 0.491 e. The van der Waals surface area contributed by atoms with Crippen LogP contribution in [0.15, 0.2) is 30.6 Å². The maximum absolute atomic E-state index is 15.1. The molecule has 0 radical (unpaired) electrons. The molecule has 0 bridgehead atoms. The van der Waals surface area contributed by atoms with Crippen LogP contribution in [0, 0.1) is 5.92 Å². The number of aliphatic carboxylic acids is 1. The van der Waals surface area contributed by atoms with E-state index >= 15 is 8.78 Å². The number of hydrogen-bond donors (Lipinski definition) is 2. The summed E-state index contributed by atoms with van der Waals surface area (Å²) in [5.74, 6) is -3.47. The Morgan fingerprint density at radius 3 is 2.92 bits per heavy atom. The second-order valence-corrected chi connectivity index (χ2v) is 10.1. The number of nitrogens with one attached hydrogen (secondary N) is 1. The number of ether oxygens (including phenoxy) is 1. The van der Waals surface area contributed by atoms with Crippen LogP contribution in [0.2, 0.25) is 0 Å². The van der Waals surface area contributed by atoms with E-state index < -0.39 is 23.9 Å². The average molecular weight is 503 g/mol. The number of aromatic nitrogens is 2. The van der Waals surface area contributed by atoms with Gasteiger partial charge in [0.05, 0.1) is 6.10 Å². The molecule has 2 aliphatic heterocycles. The lowest BCUT2D eigenvalue weighted by Crippen LogP contribution is -2.36. The summed E-state index contributed by atoms with van der Waals surface area (Å²) >= 11 is 0.